The van der Waals surface area contributed by atoms with Gasteiger partial charge in [0.1, 0.15) is 17.1 Å². The zero-order valence-corrected chi connectivity index (χ0v) is 17.9. The molecule has 2 heterocycles. The first kappa shape index (κ1) is 21.5. The molecule has 3 rings (SSSR count). The minimum absolute atomic E-state index is 0.0969. The van der Waals surface area contributed by atoms with Crippen LogP contribution in [0.2, 0.25) is 5.02 Å². The molecule has 0 radical (unpaired) electrons. The van der Waals surface area contributed by atoms with E-state index in [1.54, 1.807) is 12.3 Å². The van der Waals surface area contributed by atoms with Gasteiger partial charge in [-0.15, -0.1) is 0 Å². The van der Waals surface area contributed by atoms with Crippen LogP contribution in [0.4, 0.5) is 5.69 Å². The fraction of sp³-hybridized carbons (Fsp3) is 0.273. The topological polar surface area (TPSA) is 96.7 Å². The Hall–Kier alpha value is -3.19. The van der Waals surface area contributed by atoms with Crippen molar-refractivity contribution in [3.8, 4) is 5.75 Å². The lowest BCUT2D eigenvalue weighted by Gasteiger charge is -2.15. The Balaban J connectivity index is 1.80. The van der Waals surface area contributed by atoms with Crippen molar-refractivity contribution < 1.29 is 23.5 Å². The molecule has 0 amide bonds. The van der Waals surface area contributed by atoms with Crippen molar-refractivity contribution >= 4 is 29.0 Å². The third kappa shape index (κ3) is 4.21. The molecule has 0 saturated carbocycles. The molecular weight excluding hydrogens is 408 g/mol. The number of methoxy groups -OCH3 is 1. The molecule has 2 aromatic heterocycles. The predicted molar refractivity (Wildman–Crippen MR) is 113 cm³/mol. The van der Waals surface area contributed by atoms with Gasteiger partial charge < -0.3 is 24.2 Å². The maximum absolute atomic E-state index is 13.0. The van der Waals surface area contributed by atoms with E-state index in [9.17, 15) is 9.59 Å². The van der Waals surface area contributed by atoms with Crippen molar-refractivity contribution in [3.63, 3.8) is 0 Å². The highest BCUT2D eigenvalue weighted by Crippen LogP contribution is 2.30. The molecule has 8 heteroatoms. The number of hydrogen-bond donors (Lipinski definition) is 1. The molecule has 30 heavy (non-hydrogen) atoms. The van der Waals surface area contributed by atoms with Crippen LogP contribution in [-0.4, -0.2) is 29.5 Å². The van der Waals surface area contributed by atoms with Crippen LogP contribution in [0, 0.1) is 13.8 Å². The largest absolute Gasteiger partial charge is 0.496 e. The lowest BCUT2D eigenvalue weighted by Crippen LogP contribution is -2.25. The number of nitrogen functional groups attached to an aromatic ring is 1. The molecule has 0 bridgehead atoms. The van der Waals surface area contributed by atoms with Gasteiger partial charge in [-0.3, -0.25) is 4.79 Å². The van der Waals surface area contributed by atoms with Gasteiger partial charge >= 0.3 is 5.97 Å². The van der Waals surface area contributed by atoms with E-state index in [2.05, 4.69) is 0 Å². The van der Waals surface area contributed by atoms with Crippen LogP contribution in [0.1, 0.15) is 44.8 Å². The maximum atomic E-state index is 13.0. The van der Waals surface area contributed by atoms with Crippen LogP contribution >= 0.6 is 11.6 Å². The summed E-state index contributed by atoms with van der Waals surface area (Å²) in [5, 5.41) is 0.197. The van der Waals surface area contributed by atoms with Crippen molar-refractivity contribution in [2.75, 3.05) is 12.8 Å². The molecule has 1 atom stereocenters. The van der Waals surface area contributed by atoms with Gasteiger partial charge in [0.2, 0.25) is 5.78 Å². The second-order valence-electron chi connectivity index (χ2n) is 6.94. The van der Waals surface area contributed by atoms with E-state index in [4.69, 9.17) is 31.2 Å². The van der Waals surface area contributed by atoms with Crippen LogP contribution in [-0.2, 0) is 11.3 Å². The number of rotatable bonds is 7. The summed E-state index contributed by atoms with van der Waals surface area (Å²) in [5.74, 6) is -0.0255. The monoisotopic (exact) mass is 430 g/mol. The Kier molecular flexibility index (Phi) is 6.22. The second-order valence-corrected chi connectivity index (χ2v) is 7.34. The van der Waals surface area contributed by atoms with Crippen LogP contribution in [0.25, 0.3) is 0 Å². The summed E-state index contributed by atoms with van der Waals surface area (Å²) < 4.78 is 18.0. The van der Waals surface area contributed by atoms with Gasteiger partial charge in [0.15, 0.2) is 6.10 Å². The smallest absolute Gasteiger partial charge is 0.342 e. The molecule has 0 fully saturated rings. The summed E-state index contributed by atoms with van der Waals surface area (Å²) in [6.45, 7) is 5.79. The second kappa shape index (κ2) is 8.67. The van der Waals surface area contributed by atoms with Gasteiger partial charge in [-0.2, -0.15) is 0 Å². The van der Waals surface area contributed by atoms with E-state index in [0.29, 0.717) is 12.1 Å². The number of Topliss-reactive ketones (excluding diaryl/α,β-unsaturated/α-hetero) is 1. The van der Waals surface area contributed by atoms with E-state index in [1.807, 2.05) is 30.5 Å². The van der Waals surface area contributed by atoms with Gasteiger partial charge in [0, 0.05) is 23.0 Å². The number of carbonyl (C=O) groups excluding carboxylic acids is 2. The average molecular weight is 431 g/mol. The first-order valence-corrected chi connectivity index (χ1v) is 9.68. The van der Waals surface area contributed by atoms with Crippen LogP contribution in [0.5, 0.6) is 5.75 Å². The Morgan fingerprint density at radius 2 is 1.97 bits per heavy atom. The standard InChI is InChI=1S/C22H23ClN2O5/c1-12-8-16(13(2)25(12)11-15-6-5-7-29-15)21(26)14(3)30-22(27)17-9-18(23)19(24)10-20(17)28-4/h5-10,14H,11,24H2,1-4H3. The summed E-state index contributed by atoms with van der Waals surface area (Å²) in [6, 6.07) is 8.27. The molecule has 2 N–H and O–H groups in total. The van der Waals surface area contributed by atoms with Crippen molar-refractivity contribution in [2.24, 2.45) is 0 Å². The molecule has 1 aromatic carbocycles. The highest BCUT2D eigenvalue weighted by Gasteiger charge is 2.26. The fourth-order valence-electron chi connectivity index (χ4n) is 3.25. The number of aryl methyl sites for hydroxylation is 1. The van der Waals surface area contributed by atoms with E-state index in [-0.39, 0.29) is 27.8 Å². The Morgan fingerprint density at radius 1 is 1.23 bits per heavy atom. The molecule has 0 spiro atoms. The predicted octanol–water partition coefficient (Wildman–Crippen LogP) is 4.42. The summed E-state index contributed by atoms with van der Waals surface area (Å²) >= 11 is 6.02. The van der Waals surface area contributed by atoms with Crippen molar-refractivity contribution in [3.05, 3.63) is 69.9 Å². The van der Waals surface area contributed by atoms with Crippen LogP contribution in [0.3, 0.4) is 0 Å². The summed E-state index contributed by atoms with van der Waals surface area (Å²) in [4.78, 5) is 25.6. The van der Waals surface area contributed by atoms with Crippen LogP contribution in [0.15, 0.2) is 41.0 Å². The number of hydrogen-bond acceptors (Lipinski definition) is 6. The minimum atomic E-state index is -1.00. The summed E-state index contributed by atoms with van der Waals surface area (Å²) in [7, 11) is 1.40. The Bertz CT molecular complexity index is 1090. The highest BCUT2D eigenvalue weighted by atomic mass is 35.5. The number of carbonyl (C=O) groups is 2. The molecule has 158 valence electrons. The normalized spacial score (nSPS) is 11.9. The summed E-state index contributed by atoms with van der Waals surface area (Å²) in [6.07, 6.45) is 0.602. The number of ketones is 1. The molecule has 1 unspecified atom stereocenters. The van der Waals surface area contributed by atoms with Gasteiger partial charge in [0.05, 0.1) is 30.6 Å². The zero-order chi connectivity index (χ0) is 22.0. The van der Waals surface area contributed by atoms with Crippen LogP contribution < -0.4 is 10.5 Å². The fourth-order valence-corrected chi connectivity index (χ4v) is 3.41. The van der Waals surface area contributed by atoms with Crippen molar-refractivity contribution in [1.29, 1.82) is 0 Å². The third-order valence-corrected chi connectivity index (χ3v) is 5.25. The number of benzene rings is 1. The highest BCUT2D eigenvalue weighted by molar-refractivity contribution is 6.33. The number of aromatic nitrogens is 1. The molecular formula is C22H23ClN2O5. The molecule has 0 aliphatic heterocycles. The number of nitrogens with zero attached hydrogens (tertiary/aromatic N) is 1. The molecule has 3 aromatic rings. The van der Waals surface area contributed by atoms with E-state index >= 15 is 0 Å². The molecule has 7 nitrogen and oxygen atoms in total. The van der Waals surface area contributed by atoms with Gasteiger partial charge in [-0.25, -0.2) is 4.79 Å². The first-order valence-electron chi connectivity index (χ1n) is 9.30. The minimum Gasteiger partial charge on any atom is -0.496 e. The number of furan rings is 1. The zero-order valence-electron chi connectivity index (χ0n) is 17.2. The summed E-state index contributed by atoms with van der Waals surface area (Å²) in [5.41, 5.74) is 8.27. The lowest BCUT2D eigenvalue weighted by atomic mass is 10.1. The number of ether oxygens (including phenoxy) is 2. The molecule has 0 aliphatic carbocycles. The molecule has 0 aliphatic rings. The van der Waals surface area contributed by atoms with Crippen molar-refractivity contribution in [1.82, 2.24) is 4.57 Å². The first-order chi connectivity index (χ1) is 14.2. The van der Waals surface area contributed by atoms with Gasteiger partial charge in [-0.05, 0) is 45.0 Å². The Morgan fingerprint density at radius 3 is 2.60 bits per heavy atom. The number of halogens is 1. The third-order valence-electron chi connectivity index (χ3n) is 4.92. The van der Waals surface area contributed by atoms with Crippen molar-refractivity contribution in [2.45, 2.75) is 33.4 Å². The number of nitrogens with two attached hydrogens (primary N) is 1. The maximum Gasteiger partial charge on any atom is 0.342 e. The van der Waals surface area contributed by atoms with E-state index < -0.39 is 12.1 Å². The average Bonchev–Trinajstić information content (AvgIpc) is 3.32. The van der Waals surface area contributed by atoms with E-state index in [0.717, 1.165) is 17.1 Å². The number of esters is 1. The quantitative estimate of drug-likeness (QED) is 0.338. The Labute approximate surface area is 179 Å². The van der Waals surface area contributed by atoms with Gasteiger partial charge in [0.25, 0.3) is 0 Å². The molecule has 0 saturated heterocycles. The van der Waals surface area contributed by atoms with E-state index in [1.165, 1.54) is 26.2 Å². The lowest BCUT2D eigenvalue weighted by molar-refractivity contribution is 0.0315. The number of anilines is 1. The van der Waals surface area contributed by atoms with Gasteiger partial charge in [-0.1, -0.05) is 11.6 Å². The SMILES string of the molecule is COc1cc(N)c(Cl)cc1C(=O)OC(C)C(=O)c1cc(C)n(Cc2ccco2)c1C.